The smallest absolute Gasteiger partial charge is 0.225 e. The van der Waals surface area contributed by atoms with Gasteiger partial charge in [0.05, 0.1) is 12.0 Å². The molecule has 2 atom stereocenters. The molecule has 1 N–H and O–H groups in total. The Kier molecular flexibility index (Phi) is 6.53. The van der Waals surface area contributed by atoms with Gasteiger partial charge in [0.2, 0.25) is 11.8 Å². The van der Waals surface area contributed by atoms with Crippen molar-refractivity contribution in [3.63, 3.8) is 0 Å². The number of nitrogens with one attached hydrogen (secondary N) is 1. The van der Waals surface area contributed by atoms with E-state index in [0.29, 0.717) is 13.0 Å². The van der Waals surface area contributed by atoms with Crippen molar-refractivity contribution in [2.24, 2.45) is 5.92 Å². The molecule has 2 unspecified atom stereocenters. The predicted molar refractivity (Wildman–Crippen MR) is 107 cm³/mol. The number of benzene rings is 1. The van der Waals surface area contributed by atoms with Crippen LogP contribution in [-0.2, 0) is 22.4 Å². The second-order valence-electron chi connectivity index (χ2n) is 8.36. The molecular weight excluding hydrogens is 338 g/mol. The zero-order valence-corrected chi connectivity index (χ0v) is 17.0. The molecule has 2 amide bonds. The van der Waals surface area contributed by atoms with Gasteiger partial charge in [-0.15, -0.1) is 0 Å². The van der Waals surface area contributed by atoms with Crippen molar-refractivity contribution in [1.82, 2.24) is 15.1 Å². The molecule has 1 heterocycles. The molecule has 1 aromatic rings. The Morgan fingerprint density at radius 1 is 1.26 bits per heavy atom. The first-order valence-electron chi connectivity index (χ1n) is 10.3. The van der Waals surface area contributed by atoms with Crippen molar-refractivity contribution in [2.75, 3.05) is 33.7 Å². The average Bonchev–Trinajstić information content (AvgIpc) is 3.02. The zero-order valence-electron chi connectivity index (χ0n) is 17.0. The molecule has 148 valence electrons. The number of nitrogens with zero attached hydrogens (tertiary/aromatic N) is 2. The highest BCUT2D eigenvalue weighted by molar-refractivity contribution is 5.89. The first-order valence-corrected chi connectivity index (χ1v) is 10.3. The van der Waals surface area contributed by atoms with Gasteiger partial charge in [0.25, 0.3) is 0 Å². The van der Waals surface area contributed by atoms with Crippen LogP contribution in [0.4, 0.5) is 0 Å². The molecule has 1 saturated heterocycles. The SMILES string of the molecule is CC(NC(=O)C1CC(=O)N(CCCN(C)C)C1)c1ccc2c(c1)CCCC2. The number of amides is 2. The largest absolute Gasteiger partial charge is 0.349 e. The van der Waals surface area contributed by atoms with Crippen molar-refractivity contribution in [3.8, 4) is 0 Å². The fraction of sp³-hybridized carbons (Fsp3) is 0.636. The lowest BCUT2D eigenvalue weighted by atomic mass is 9.89. The van der Waals surface area contributed by atoms with E-state index < -0.39 is 0 Å². The molecule has 1 aromatic carbocycles. The van der Waals surface area contributed by atoms with Gasteiger partial charge in [0.15, 0.2) is 0 Å². The number of carbonyl (C=O) groups excluding carboxylic acids is 2. The summed E-state index contributed by atoms with van der Waals surface area (Å²) in [5.41, 5.74) is 4.05. The van der Waals surface area contributed by atoms with Gasteiger partial charge in [-0.3, -0.25) is 9.59 Å². The summed E-state index contributed by atoms with van der Waals surface area (Å²) in [5.74, 6) is -0.115. The van der Waals surface area contributed by atoms with Crippen LogP contribution in [0.5, 0.6) is 0 Å². The second kappa shape index (κ2) is 8.87. The molecule has 0 radical (unpaired) electrons. The van der Waals surface area contributed by atoms with Gasteiger partial charge in [0, 0.05) is 19.5 Å². The lowest BCUT2D eigenvalue weighted by Crippen LogP contribution is -2.35. The van der Waals surface area contributed by atoms with E-state index in [-0.39, 0.29) is 23.8 Å². The Morgan fingerprint density at radius 2 is 2.00 bits per heavy atom. The molecule has 0 bridgehead atoms. The zero-order chi connectivity index (χ0) is 19.4. The summed E-state index contributed by atoms with van der Waals surface area (Å²) in [4.78, 5) is 28.9. The van der Waals surface area contributed by atoms with E-state index >= 15 is 0 Å². The van der Waals surface area contributed by atoms with Gasteiger partial charge >= 0.3 is 0 Å². The molecule has 2 aliphatic rings. The van der Waals surface area contributed by atoms with Crippen LogP contribution >= 0.6 is 0 Å². The molecule has 27 heavy (non-hydrogen) atoms. The molecule has 1 fully saturated rings. The van der Waals surface area contributed by atoms with Gasteiger partial charge in [-0.25, -0.2) is 0 Å². The maximum absolute atomic E-state index is 12.7. The highest BCUT2D eigenvalue weighted by Crippen LogP contribution is 2.25. The van der Waals surface area contributed by atoms with Gasteiger partial charge < -0.3 is 15.1 Å². The third kappa shape index (κ3) is 5.10. The molecular formula is C22H33N3O2. The normalized spacial score (nSPS) is 20.7. The fourth-order valence-electron chi connectivity index (χ4n) is 4.18. The van der Waals surface area contributed by atoms with Crippen molar-refractivity contribution >= 4 is 11.8 Å². The topological polar surface area (TPSA) is 52.7 Å². The number of rotatable bonds is 7. The van der Waals surface area contributed by atoms with E-state index in [4.69, 9.17) is 0 Å². The van der Waals surface area contributed by atoms with E-state index in [2.05, 4.69) is 28.4 Å². The molecule has 5 heteroatoms. The summed E-state index contributed by atoms with van der Waals surface area (Å²) in [6, 6.07) is 6.59. The average molecular weight is 372 g/mol. The maximum atomic E-state index is 12.7. The Morgan fingerprint density at radius 3 is 2.74 bits per heavy atom. The lowest BCUT2D eigenvalue weighted by Gasteiger charge is -2.21. The van der Waals surface area contributed by atoms with Crippen molar-refractivity contribution < 1.29 is 9.59 Å². The predicted octanol–water partition coefficient (Wildman–Crippen LogP) is 2.54. The third-order valence-electron chi connectivity index (χ3n) is 5.85. The van der Waals surface area contributed by atoms with E-state index in [0.717, 1.165) is 31.5 Å². The number of fused-ring (bicyclic) bond motifs is 1. The molecule has 0 aromatic heterocycles. The molecule has 5 nitrogen and oxygen atoms in total. The summed E-state index contributed by atoms with van der Waals surface area (Å²) in [5, 5.41) is 3.13. The Balaban J connectivity index is 1.53. The van der Waals surface area contributed by atoms with Gasteiger partial charge in [0.1, 0.15) is 0 Å². The quantitative estimate of drug-likeness (QED) is 0.801. The summed E-state index contributed by atoms with van der Waals surface area (Å²) in [6.07, 6.45) is 6.13. The number of hydrogen-bond acceptors (Lipinski definition) is 3. The Bertz CT molecular complexity index is 686. The van der Waals surface area contributed by atoms with Crippen LogP contribution in [0.3, 0.4) is 0 Å². The summed E-state index contributed by atoms with van der Waals surface area (Å²) in [6.45, 7) is 4.28. The molecule has 0 spiro atoms. The number of carbonyl (C=O) groups is 2. The van der Waals surface area contributed by atoms with Crippen LogP contribution in [0.1, 0.15) is 55.3 Å². The van der Waals surface area contributed by atoms with Gasteiger partial charge in [-0.1, -0.05) is 18.2 Å². The lowest BCUT2D eigenvalue weighted by molar-refractivity contribution is -0.129. The highest BCUT2D eigenvalue weighted by atomic mass is 16.2. The second-order valence-corrected chi connectivity index (χ2v) is 8.36. The van der Waals surface area contributed by atoms with E-state index in [9.17, 15) is 9.59 Å². The van der Waals surface area contributed by atoms with Crippen molar-refractivity contribution in [2.45, 2.75) is 51.5 Å². The third-order valence-corrected chi connectivity index (χ3v) is 5.85. The van der Waals surface area contributed by atoms with Crippen LogP contribution in [0.15, 0.2) is 18.2 Å². The molecule has 1 aliphatic heterocycles. The minimum atomic E-state index is -0.225. The first kappa shape index (κ1) is 19.9. The number of likely N-dealkylation sites (tertiary alicyclic amines) is 1. The van der Waals surface area contributed by atoms with Crippen molar-refractivity contribution in [1.29, 1.82) is 0 Å². The maximum Gasteiger partial charge on any atom is 0.225 e. The minimum Gasteiger partial charge on any atom is -0.349 e. The Labute approximate surface area is 163 Å². The van der Waals surface area contributed by atoms with Crippen LogP contribution in [0, 0.1) is 5.92 Å². The first-order chi connectivity index (χ1) is 12.9. The van der Waals surface area contributed by atoms with Crippen LogP contribution in [-0.4, -0.2) is 55.3 Å². The number of hydrogen-bond donors (Lipinski definition) is 1. The fourth-order valence-corrected chi connectivity index (χ4v) is 4.18. The summed E-state index contributed by atoms with van der Waals surface area (Å²) >= 11 is 0. The van der Waals surface area contributed by atoms with E-state index in [1.807, 2.05) is 25.9 Å². The van der Waals surface area contributed by atoms with Crippen LogP contribution in [0.2, 0.25) is 0 Å². The summed E-state index contributed by atoms with van der Waals surface area (Å²) < 4.78 is 0. The molecule has 1 aliphatic carbocycles. The Hall–Kier alpha value is -1.88. The monoisotopic (exact) mass is 371 g/mol. The van der Waals surface area contributed by atoms with Gasteiger partial charge in [-0.2, -0.15) is 0 Å². The van der Waals surface area contributed by atoms with E-state index in [1.165, 1.54) is 30.4 Å². The van der Waals surface area contributed by atoms with Crippen LogP contribution in [0.25, 0.3) is 0 Å². The highest BCUT2D eigenvalue weighted by Gasteiger charge is 2.34. The summed E-state index contributed by atoms with van der Waals surface area (Å²) in [7, 11) is 4.06. The standard InChI is InChI=1S/C22H33N3O2/c1-16(18-10-9-17-7-4-5-8-19(17)13-18)23-22(27)20-14-21(26)25(15-20)12-6-11-24(2)3/h9-10,13,16,20H,4-8,11-12,14-15H2,1-3H3,(H,23,27). The number of aryl methyl sites for hydroxylation is 2. The van der Waals surface area contributed by atoms with Gasteiger partial charge in [-0.05, 0) is 76.4 Å². The van der Waals surface area contributed by atoms with Crippen LogP contribution < -0.4 is 5.32 Å². The minimum absolute atomic E-state index is 0.00341. The van der Waals surface area contributed by atoms with E-state index in [1.54, 1.807) is 0 Å². The van der Waals surface area contributed by atoms with Crippen molar-refractivity contribution in [3.05, 3.63) is 34.9 Å². The molecule has 0 saturated carbocycles. The molecule has 3 rings (SSSR count).